The van der Waals surface area contributed by atoms with Crippen molar-refractivity contribution in [2.45, 2.75) is 20.3 Å². The number of allylic oxidation sites excluding steroid dienone is 1. The zero-order valence-corrected chi connectivity index (χ0v) is 9.25. The topological polar surface area (TPSA) is 12.4 Å². The van der Waals surface area contributed by atoms with Gasteiger partial charge < -0.3 is 0 Å². The van der Waals surface area contributed by atoms with E-state index in [1.54, 1.807) is 6.21 Å². The van der Waals surface area contributed by atoms with Crippen molar-refractivity contribution in [3.8, 4) is 0 Å². The van der Waals surface area contributed by atoms with Crippen molar-refractivity contribution in [2.75, 3.05) is 0 Å². The fourth-order valence-corrected chi connectivity index (χ4v) is 1.11. The van der Waals surface area contributed by atoms with Crippen LogP contribution in [0.2, 0.25) is 0 Å². The van der Waals surface area contributed by atoms with Gasteiger partial charge in [-0.1, -0.05) is 48.9 Å². The summed E-state index contributed by atoms with van der Waals surface area (Å²) in [5, 5.41) is 0.594. The Bertz CT molecular complexity index is 339. The van der Waals surface area contributed by atoms with Crippen molar-refractivity contribution in [2.24, 2.45) is 4.99 Å². The van der Waals surface area contributed by atoms with Crippen molar-refractivity contribution in [1.82, 2.24) is 0 Å². The van der Waals surface area contributed by atoms with E-state index in [4.69, 9.17) is 11.6 Å². The second-order valence-corrected chi connectivity index (χ2v) is 3.45. The zero-order chi connectivity index (χ0) is 10.4. The third kappa shape index (κ3) is 3.35. The second kappa shape index (κ2) is 5.61. The van der Waals surface area contributed by atoms with E-state index in [0.717, 1.165) is 17.6 Å². The molecular weight excluding hydrogens is 194 g/mol. The minimum Gasteiger partial charge on any atom is -0.244 e. The van der Waals surface area contributed by atoms with Crippen LogP contribution in [-0.4, -0.2) is 6.21 Å². The number of rotatable bonds is 3. The summed E-state index contributed by atoms with van der Waals surface area (Å²) in [6.45, 7) is 4.06. The Morgan fingerprint density at radius 2 is 2.00 bits per heavy atom. The van der Waals surface area contributed by atoms with Crippen molar-refractivity contribution in [3.05, 3.63) is 46.6 Å². The second-order valence-electron chi connectivity index (χ2n) is 3.09. The Labute approximate surface area is 90.1 Å². The molecular formula is C12H14ClN. The molecule has 0 aliphatic heterocycles. The van der Waals surface area contributed by atoms with Gasteiger partial charge >= 0.3 is 0 Å². The maximum atomic E-state index is 5.96. The van der Waals surface area contributed by atoms with Gasteiger partial charge in [-0.05, 0) is 24.5 Å². The summed E-state index contributed by atoms with van der Waals surface area (Å²) in [7, 11) is 0. The maximum Gasteiger partial charge on any atom is 0.127 e. The number of hydrogen-bond acceptors (Lipinski definition) is 1. The van der Waals surface area contributed by atoms with Gasteiger partial charge in [0.05, 0.1) is 0 Å². The molecule has 0 saturated heterocycles. The highest BCUT2D eigenvalue weighted by Crippen LogP contribution is 2.13. The molecule has 0 unspecified atom stereocenters. The predicted octanol–water partition coefficient (Wildman–Crippen LogP) is 3.99. The Kier molecular flexibility index (Phi) is 4.41. The first kappa shape index (κ1) is 11.0. The van der Waals surface area contributed by atoms with E-state index in [1.807, 2.05) is 37.3 Å². The van der Waals surface area contributed by atoms with Crippen molar-refractivity contribution in [1.29, 1.82) is 0 Å². The summed E-state index contributed by atoms with van der Waals surface area (Å²) in [4.78, 5) is 4.19. The Hall–Kier alpha value is -1.08. The van der Waals surface area contributed by atoms with Crippen LogP contribution in [-0.2, 0) is 0 Å². The molecule has 0 aromatic heterocycles. The van der Waals surface area contributed by atoms with Crippen LogP contribution in [0.1, 0.15) is 25.8 Å². The van der Waals surface area contributed by atoms with E-state index in [-0.39, 0.29) is 0 Å². The van der Waals surface area contributed by atoms with Crippen LogP contribution >= 0.6 is 11.6 Å². The van der Waals surface area contributed by atoms with Crippen LogP contribution in [0.5, 0.6) is 0 Å². The first-order valence-corrected chi connectivity index (χ1v) is 5.06. The highest BCUT2D eigenvalue weighted by molar-refractivity contribution is 6.30. The molecule has 1 aromatic carbocycles. The molecule has 1 nitrogen and oxygen atoms in total. The quantitative estimate of drug-likeness (QED) is 0.525. The van der Waals surface area contributed by atoms with Crippen molar-refractivity contribution in [3.63, 3.8) is 0 Å². The molecule has 14 heavy (non-hydrogen) atoms. The molecule has 0 atom stereocenters. The average molecular weight is 208 g/mol. The number of nitrogens with zero attached hydrogens (tertiary/aromatic N) is 1. The number of benzene rings is 1. The highest BCUT2D eigenvalue weighted by atomic mass is 35.5. The molecule has 0 amide bonds. The van der Waals surface area contributed by atoms with Gasteiger partial charge in [0.15, 0.2) is 0 Å². The van der Waals surface area contributed by atoms with Gasteiger partial charge in [-0.25, -0.2) is 4.99 Å². The SMILES string of the molecule is CC/C(C)=C(Cl)/N=C/c1ccccc1. The Morgan fingerprint density at radius 1 is 1.36 bits per heavy atom. The third-order valence-corrected chi connectivity index (χ3v) is 2.43. The van der Waals surface area contributed by atoms with Gasteiger partial charge in [0.2, 0.25) is 0 Å². The Morgan fingerprint density at radius 3 is 2.57 bits per heavy atom. The molecule has 74 valence electrons. The monoisotopic (exact) mass is 207 g/mol. The first-order chi connectivity index (χ1) is 6.74. The fourth-order valence-electron chi connectivity index (χ4n) is 0.926. The molecule has 2 heteroatoms. The van der Waals surface area contributed by atoms with E-state index in [0.29, 0.717) is 5.16 Å². The van der Waals surface area contributed by atoms with Crippen LogP contribution in [0.4, 0.5) is 0 Å². The Balaban J connectivity index is 2.75. The number of halogens is 1. The van der Waals surface area contributed by atoms with Crippen LogP contribution in [0.25, 0.3) is 0 Å². The molecule has 0 N–H and O–H groups in total. The van der Waals surface area contributed by atoms with Crippen LogP contribution < -0.4 is 0 Å². The van der Waals surface area contributed by atoms with E-state index in [1.165, 1.54) is 0 Å². The largest absolute Gasteiger partial charge is 0.244 e. The van der Waals surface area contributed by atoms with Crippen LogP contribution in [0.3, 0.4) is 0 Å². The van der Waals surface area contributed by atoms with Gasteiger partial charge in [-0.3, -0.25) is 0 Å². The normalized spacial score (nSPS) is 13.1. The lowest BCUT2D eigenvalue weighted by Gasteiger charge is -1.96. The van der Waals surface area contributed by atoms with Gasteiger partial charge in [0, 0.05) is 6.21 Å². The number of aliphatic imine (C=N–C) groups is 1. The molecule has 0 saturated carbocycles. The average Bonchev–Trinajstić information content (AvgIpc) is 2.26. The van der Waals surface area contributed by atoms with Crippen LogP contribution in [0, 0.1) is 0 Å². The summed E-state index contributed by atoms with van der Waals surface area (Å²) in [6.07, 6.45) is 2.71. The molecule has 0 bridgehead atoms. The van der Waals surface area contributed by atoms with Gasteiger partial charge in [0.25, 0.3) is 0 Å². The number of hydrogen-bond donors (Lipinski definition) is 0. The van der Waals surface area contributed by atoms with Gasteiger partial charge in [0.1, 0.15) is 5.16 Å². The summed E-state index contributed by atoms with van der Waals surface area (Å²) < 4.78 is 0. The van der Waals surface area contributed by atoms with E-state index in [9.17, 15) is 0 Å². The lowest BCUT2D eigenvalue weighted by molar-refractivity contribution is 1.08. The summed E-state index contributed by atoms with van der Waals surface area (Å²) in [5.74, 6) is 0. The lowest BCUT2D eigenvalue weighted by Crippen LogP contribution is -1.81. The molecule has 0 heterocycles. The predicted molar refractivity (Wildman–Crippen MR) is 62.9 cm³/mol. The summed E-state index contributed by atoms with van der Waals surface area (Å²) in [5.41, 5.74) is 2.17. The van der Waals surface area contributed by atoms with Crippen molar-refractivity contribution < 1.29 is 0 Å². The minimum atomic E-state index is 0.594. The van der Waals surface area contributed by atoms with E-state index >= 15 is 0 Å². The van der Waals surface area contributed by atoms with E-state index < -0.39 is 0 Å². The van der Waals surface area contributed by atoms with Crippen LogP contribution in [0.15, 0.2) is 46.1 Å². The summed E-state index contributed by atoms with van der Waals surface area (Å²) in [6, 6.07) is 9.92. The maximum absolute atomic E-state index is 5.96. The summed E-state index contributed by atoms with van der Waals surface area (Å²) >= 11 is 5.96. The van der Waals surface area contributed by atoms with Gasteiger partial charge in [-0.2, -0.15) is 0 Å². The minimum absolute atomic E-state index is 0.594. The van der Waals surface area contributed by atoms with E-state index in [2.05, 4.69) is 11.9 Å². The fraction of sp³-hybridized carbons (Fsp3) is 0.250. The standard InChI is InChI=1S/C12H14ClN/c1-3-10(2)12(13)14-9-11-7-5-4-6-8-11/h4-9H,3H2,1-2H3/b12-10+,14-9+. The zero-order valence-electron chi connectivity index (χ0n) is 8.50. The first-order valence-electron chi connectivity index (χ1n) is 4.68. The molecule has 0 aliphatic carbocycles. The molecule has 1 rings (SSSR count). The molecule has 0 aliphatic rings. The third-order valence-electron chi connectivity index (χ3n) is 2.01. The smallest absolute Gasteiger partial charge is 0.127 e. The molecule has 0 spiro atoms. The highest BCUT2D eigenvalue weighted by Gasteiger charge is 1.93. The molecule has 1 aromatic rings. The van der Waals surface area contributed by atoms with Crippen molar-refractivity contribution >= 4 is 17.8 Å². The molecule has 0 radical (unpaired) electrons. The molecule has 0 fully saturated rings. The lowest BCUT2D eigenvalue weighted by atomic mass is 10.2. The van der Waals surface area contributed by atoms with Gasteiger partial charge in [-0.15, -0.1) is 0 Å².